The van der Waals surface area contributed by atoms with Crippen LogP contribution in [-0.2, 0) is 20.9 Å². The van der Waals surface area contributed by atoms with Gasteiger partial charge in [0.05, 0.1) is 25.0 Å². The fraction of sp³-hybridized carbons (Fsp3) is 0.261. The molecule has 168 valence electrons. The van der Waals surface area contributed by atoms with Crippen molar-refractivity contribution in [1.82, 2.24) is 4.90 Å². The second kappa shape index (κ2) is 11.5. The topological polar surface area (TPSA) is 65.1 Å². The predicted molar refractivity (Wildman–Crippen MR) is 133 cm³/mol. The molecular formula is C23H22BrNO5S2. The first kappa shape index (κ1) is 24.3. The summed E-state index contributed by atoms with van der Waals surface area (Å²) in [6.07, 6.45) is 1.86. The number of amides is 1. The van der Waals surface area contributed by atoms with E-state index in [-0.39, 0.29) is 24.8 Å². The van der Waals surface area contributed by atoms with E-state index in [4.69, 9.17) is 26.4 Å². The summed E-state index contributed by atoms with van der Waals surface area (Å²) in [4.78, 5) is 26.2. The number of rotatable bonds is 9. The number of hydrogen-bond acceptors (Lipinski definition) is 7. The van der Waals surface area contributed by atoms with Crippen LogP contribution in [0, 0.1) is 0 Å². The van der Waals surface area contributed by atoms with Gasteiger partial charge < -0.3 is 14.2 Å². The number of ether oxygens (including phenoxy) is 3. The second-order valence-electron chi connectivity index (χ2n) is 6.71. The molecule has 0 radical (unpaired) electrons. The SMILES string of the molecule is CCOC(=O)CCN1C(=O)/C(=C\c2ccc(OCc3ccc(Br)cc3)c(OC)c2)SC1=S. The lowest BCUT2D eigenvalue weighted by atomic mass is 10.1. The molecule has 3 rings (SSSR count). The van der Waals surface area contributed by atoms with E-state index in [0.717, 1.165) is 15.6 Å². The Morgan fingerprint density at radius 3 is 2.62 bits per heavy atom. The summed E-state index contributed by atoms with van der Waals surface area (Å²) in [6, 6.07) is 13.4. The number of nitrogens with zero attached hydrogens (tertiary/aromatic N) is 1. The smallest absolute Gasteiger partial charge is 0.307 e. The molecule has 1 saturated heterocycles. The van der Waals surface area contributed by atoms with Crippen molar-refractivity contribution in [2.45, 2.75) is 20.0 Å². The van der Waals surface area contributed by atoms with Gasteiger partial charge in [-0.25, -0.2) is 0 Å². The summed E-state index contributed by atoms with van der Waals surface area (Å²) in [5.41, 5.74) is 1.81. The summed E-state index contributed by atoms with van der Waals surface area (Å²) in [5.74, 6) is 0.594. The van der Waals surface area contributed by atoms with Crippen LogP contribution < -0.4 is 9.47 Å². The van der Waals surface area contributed by atoms with Gasteiger partial charge in [0.15, 0.2) is 11.5 Å². The van der Waals surface area contributed by atoms with Gasteiger partial charge in [0.25, 0.3) is 5.91 Å². The van der Waals surface area contributed by atoms with Gasteiger partial charge >= 0.3 is 5.97 Å². The van der Waals surface area contributed by atoms with Gasteiger partial charge in [-0.1, -0.05) is 58.1 Å². The zero-order valence-corrected chi connectivity index (χ0v) is 20.8. The van der Waals surface area contributed by atoms with Gasteiger partial charge in [-0.15, -0.1) is 0 Å². The van der Waals surface area contributed by atoms with Crippen LogP contribution in [0.2, 0.25) is 0 Å². The largest absolute Gasteiger partial charge is 0.493 e. The van der Waals surface area contributed by atoms with E-state index >= 15 is 0 Å². The molecule has 0 saturated carbocycles. The number of esters is 1. The van der Waals surface area contributed by atoms with Crippen molar-refractivity contribution in [3.05, 3.63) is 63.0 Å². The molecule has 0 bridgehead atoms. The molecule has 2 aromatic rings. The van der Waals surface area contributed by atoms with Crippen molar-refractivity contribution in [2.75, 3.05) is 20.3 Å². The molecule has 0 spiro atoms. The maximum atomic E-state index is 12.7. The number of methoxy groups -OCH3 is 1. The first-order valence-electron chi connectivity index (χ1n) is 9.87. The van der Waals surface area contributed by atoms with E-state index in [1.165, 1.54) is 16.7 Å². The molecule has 0 aromatic heterocycles. The minimum absolute atomic E-state index is 0.103. The van der Waals surface area contributed by atoms with Crippen molar-refractivity contribution in [3.63, 3.8) is 0 Å². The van der Waals surface area contributed by atoms with Crippen LogP contribution in [0.15, 0.2) is 51.8 Å². The average Bonchev–Trinajstić information content (AvgIpc) is 3.04. The van der Waals surface area contributed by atoms with Crippen LogP contribution in [-0.4, -0.2) is 41.4 Å². The molecule has 1 aliphatic rings. The fourth-order valence-corrected chi connectivity index (χ4v) is 4.49. The van der Waals surface area contributed by atoms with Crippen molar-refractivity contribution >= 4 is 62.2 Å². The third-order valence-electron chi connectivity index (χ3n) is 4.51. The molecule has 9 heteroatoms. The van der Waals surface area contributed by atoms with E-state index in [1.54, 1.807) is 20.1 Å². The quantitative estimate of drug-likeness (QED) is 0.248. The van der Waals surface area contributed by atoms with Crippen molar-refractivity contribution < 1.29 is 23.8 Å². The molecule has 1 fully saturated rings. The van der Waals surface area contributed by atoms with Gasteiger partial charge in [-0.3, -0.25) is 14.5 Å². The highest BCUT2D eigenvalue weighted by atomic mass is 79.9. The second-order valence-corrected chi connectivity index (χ2v) is 9.31. The summed E-state index contributed by atoms with van der Waals surface area (Å²) in [5, 5.41) is 0. The Morgan fingerprint density at radius 2 is 1.94 bits per heavy atom. The van der Waals surface area contributed by atoms with Crippen LogP contribution in [0.3, 0.4) is 0 Å². The van der Waals surface area contributed by atoms with E-state index in [2.05, 4.69) is 15.9 Å². The van der Waals surface area contributed by atoms with E-state index < -0.39 is 0 Å². The maximum Gasteiger partial charge on any atom is 0.307 e. The molecule has 1 aliphatic heterocycles. The molecule has 6 nitrogen and oxygen atoms in total. The lowest BCUT2D eigenvalue weighted by Gasteiger charge is -2.13. The zero-order valence-electron chi connectivity index (χ0n) is 17.6. The minimum atomic E-state index is -0.353. The van der Waals surface area contributed by atoms with Crippen molar-refractivity contribution in [3.8, 4) is 11.5 Å². The molecular weight excluding hydrogens is 514 g/mol. The lowest BCUT2D eigenvalue weighted by Crippen LogP contribution is -2.30. The highest BCUT2D eigenvalue weighted by Gasteiger charge is 2.32. The molecule has 1 amide bonds. The molecule has 0 unspecified atom stereocenters. The Labute approximate surface area is 205 Å². The lowest BCUT2D eigenvalue weighted by molar-refractivity contribution is -0.143. The normalized spacial score (nSPS) is 14.7. The molecule has 0 N–H and O–H groups in total. The Kier molecular flexibility index (Phi) is 8.72. The highest BCUT2D eigenvalue weighted by Crippen LogP contribution is 2.35. The Balaban J connectivity index is 1.68. The van der Waals surface area contributed by atoms with E-state index in [0.29, 0.717) is 33.9 Å². The van der Waals surface area contributed by atoms with Crippen LogP contribution in [0.25, 0.3) is 6.08 Å². The Morgan fingerprint density at radius 1 is 1.19 bits per heavy atom. The number of carbonyl (C=O) groups excluding carboxylic acids is 2. The third kappa shape index (κ3) is 6.34. The monoisotopic (exact) mass is 535 g/mol. The Hall–Kier alpha value is -2.36. The maximum absolute atomic E-state index is 12.7. The van der Waals surface area contributed by atoms with Gasteiger partial charge in [-0.2, -0.15) is 0 Å². The van der Waals surface area contributed by atoms with Crippen LogP contribution in [0.4, 0.5) is 0 Å². The highest BCUT2D eigenvalue weighted by molar-refractivity contribution is 9.10. The molecule has 32 heavy (non-hydrogen) atoms. The minimum Gasteiger partial charge on any atom is -0.493 e. The summed E-state index contributed by atoms with van der Waals surface area (Å²) >= 11 is 9.94. The summed E-state index contributed by atoms with van der Waals surface area (Å²) in [7, 11) is 1.57. The summed E-state index contributed by atoms with van der Waals surface area (Å²) < 4.78 is 17.7. The predicted octanol–water partition coefficient (Wildman–Crippen LogP) is 5.19. The van der Waals surface area contributed by atoms with Crippen LogP contribution >= 0.6 is 39.9 Å². The van der Waals surface area contributed by atoms with Gasteiger partial charge in [0, 0.05) is 11.0 Å². The molecule has 2 aromatic carbocycles. The summed E-state index contributed by atoms with van der Waals surface area (Å²) in [6.45, 7) is 2.66. The number of carbonyl (C=O) groups is 2. The Bertz CT molecular complexity index is 1040. The molecule has 0 aliphatic carbocycles. The van der Waals surface area contributed by atoms with Crippen LogP contribution in [0.5, 0.6) is 11.5 Å². The number of thioether (sulfide) groups is 1. The number of hydrogen-bond donors (Lipinski definition) is 0. The molecule has 0 atom stereocenters. The first-order valence-corrected chi connectivity index (χ1v) is 11.9. The van der Waals surface area contributed by atoms with E-state index in [9.17, 15) is 9.59 Å². The third-order valence-corrected chi connectivity index (χ3v) is 6.42. The van der Waals surface area contributed by atoms with Gasteiger partial charge in [0.2, 0.25) is 0 Å². The average molecular weight is 536 g/mol. The molecule has 1 heterocycles. The number of halogens is 1. The van der Waals surface area contributed by atoms with E-state index in [1.807, 2.05) is 42.5 Å². The van der Waals surface area contributed by atoms with Gasteiger partial charge in [-0.05, 0) is 48.4 Å². The zero-order chi connectivity index (χ0) is 23.1. The van der Waals surface area contributed by atoms with Crippen molar-refractivity contribution in [2.24, 2.45) is 0 Å². The van der Waals surface area contributed by atoms with Gasteiger partial charge in [0.1, 0.15) is 10.9 Å². The van der Waals surface area contributed by atoms with Crippen LogP contribution in [0.1, 0.15) is 24.5 Å². The fourth-order valence-electron chi connectivity index (χ4n) is 2.92. The number of benzene rings is 2. The van der Waals surface area contributed by atoms with Crippen molar-refractivity contribution in [1.29, 1.82) is 0 Å². The number of thiocarbonyl (C=S) groups is 1. The standard InChI is InChI=1S/C23H22BrNO5S2/c1-3-29-21(26)10-11-25-22(27)20(32-23(25)31)13-16-6-9-18(19(12-16)28-2)30-14-15-4-7-17(24)8-5-15/h4-9,12-13H,3,10-11,14H2,1-2H3/b20-13+. The first-order chi connectivity index (χ1) is 15.4.